The lowest BCUT2D eigenvalue weighted by Crippen LogP contribution is -2.04. The zero-order valence-electron chi connectivity index (χ0n) is 23.0. The average molecular weight is 821 g/mol. The van der Waals surface area contributed by atoms with Crippen LogP contribution in [-0.2, 0) is 98.0 Å². The molecule has 1 rings (SSSR count). The number of aromatic nitrogens is 1. The van der Waals surface area contributed by atoms with Crippen LogP contribution in [0.4, 0.5) is 0 Å². The van der Waals surface area contributed by atoms with Crippen molar-refractivity contribution in [1.29, 1.82) is 0 Å². The molecule has 0 bridgehead atoms. The smallest absolute Gasteiger partial charge is 0.106 e. The van der Waals surface area contributed by atoms with E-state index in [0.29, 0.717) is 18.0 Å². The number of aliphatic hydroxyl groups is 2. The van der Waals surface area contributed by atoms with Crippen molar-refractivity contribution in [2.75, 3.05) is 24.7 Å². The molecule has 0 spiro atoms. The van der Waals surface area contributed by atoms with Crippen LogP contribution in [0.3, 0.4) is 0 Å². The Balaban J connectivity index is -0.000000215. The van der Waals surface area contributed by atoms with Crippen LogP contribution >= 0.6 is 55.8 Å². The Kier molecular flexibility index (Phi) is 49.0. The normalized spacial score (nSPS) is 9.77. The Bertz CT molecular complexity index is 852. The summed E-state index contributed by atoms with van der Waals surface area (Å²) in [6.45, 7) is 13.4. The van der Waals surface area contributed by atoms with Gasteiger partial charge in [0, 0.05) is 138 Å². The molecule has 1 aromatic heterocycles. The van der Waals surface area contributed by atoms with Gasteiger partial charge in [0.2, 0.25) is 0 Å². The van der Waals surface area contributed by atoms with Gasteiger partial charge in [-0.25, -0.2) is 4.98 Å². The molecule has 0 amide bonds. The van der Waals surface area contributed by atoms with E-state index < -0.39 is 0 Å². The Morgan fingerprint density at radius 3 is 1.59 bits per heavy atom. The summed E-state index contributed by atoms with van der Waals surface area (Å²) in [6.07, 6.45) is 5.84. The van der Waals surface area contributed by atoms with Crippen LogP contribution in [0, 0.1) is 0 Å². The van der Waals surface area contributed by atoms with Crippen LogP contribution in [0.2, 0.25) is 0 Å². The van der Waals surface area contributed by atoms with E-state index in [-0.39, 0.29) is 4.75 Å². The summed E-state index contributed by atoms with van der Waals surface area (Å²) in [6, 6.07) is 5.91. The Morgan fingerprint density at radius 2 is 1.23 bits per heavy atom. The van der Waals surface area contributed by atoms with Crippen LogP contribution in [0.25, 0.3) is 0 Å². The van der Waals surface area contributed by atoms with Crippen molar-refractivity contribution in [3.8, 4) is 0 Å². The molecular weight excluding hydrogens is 779 g/mol. The maximum absolute atomic E-state index is 8.55. The SMILES string of the molecule is CC(C)(C)S.CC(C)(C)SSCCCCO.OCCCCSSc1ccccn1.S=S.S=S=S=S=S=S=S=S. The van der Waals surface area contributed by atoms with Gasteiger partial charge in [-0.05, 0) is 48.6 Å². The highest BCUT2D eigenvalue weighted by atomic mass is 33.4. The van der Waals surface area contributed by atoms with E-state index >= 15 is 0 Å². The Labute approximate surface area is 296 Å². The first-order valence-corrected chi connectivity index (χ1v) is 27.0. The summed E-state index contributed by atoms with van der Waals surface area (Å²) in [5.41, 5.74) is 0. The molecule has 3 nitrogen and oxygen atoms in total. The van der Waals surface area contributed by atoms with Gasteiger partial charge in [0.15, 0.2) is 0 Å². The molecule has 232 valence electrons. The first-order chi connectivity index (χ1) is 18.4. The minimum Gasteiger partial charge on any atom is -0.396 e. The highest BCUT2D eigenvalue weighted by Gasteiger charge is 2.09. The lowest BCUT2D eigenvalue weighted by atomic mass is 10.3. The first kappa shape index (κ1) is 48.9. The minimum atomic E-state index is 0.194. The quantitative estimate of drug-likeness (QED) is 0.121. The number of aliphatic hydroxyl groups excluding tert-OH is 2. The number of nitrogens with zero attached hydrogens (tertiary/aromatic N) is 1. The first-order valence-electron chi connectivity index (χ1n) is 11.3. The molecule has 2 N–H and O–H groups in total. The second kappa shape index (κ2) is 39.0. The third-order valence-corrected chi connectivity index (χ3v) is 19.4. The van der Waals surface area contributed by atoms with Crippen molar-refractivity contribution in [2.24, 2.45) is 0 Å². The van der Waals surface area contributed by atoms with E-state index in [1.165, 1.54) is 17.8 Å². The number of rotatable bonds is 11. The molecule has 0 aliphatic carbocycles. The fourth-order valence-corrected chi connectivity index (χ4v) is 16.7. The highest BCUT2D eigenvalue weighted by Crippen LogP contribution is 2.35. The summed E-state index contributed by atoms with van der Waals surface area (Å²) in [7, 11) is 16.4. The molecule has 0 aliphatic heterocycles. The number of thiol groups is 1. The van der Waals surface area contributed by atoms with Gasteiger partial charge in [-0.2, -0.15) is 12.6 Å². The van der Waals surface area contributed by atoms with Gasteiger partial charge in [0.25, 0.3) is 0 Å². The number of unbranched alkanes of at least 4 members (excludes halogenated alkanes) is 2. The van der Waals surface area contributed by atoms with Gasteiger partial charge < -0.3 is 10.2 Å². The zero-order valence-corrected chi connectivity index (χ0v) is 35.3. The topological polar surface area (TPSA) is 53.4 Å². The van der Waals surface area contributed by atoms with Crippen molar-refractivity contribution < 1.29 is 10.2 Å². The van der Waals surface area contributed by atoms with E-state index in [1.54, 1.807) is 63.3 Å². The van der Waals surface area contributed by atoms with Crippen molar-refractivity contribution in [1.82, 2.24) is 4.98 Å². The van der Waals surface area contributed by atoms with E-state index in [4.69, 9.17) is 10.2 Å². The molecule has 0 fully saturated rings. The van der Waals surface area contributed by atoms with Crippen LogP contribution in [-0.4, -0.2) is 49.4 Å². The Morgan fingerprint density at radius 1 is 0.769 bits per heavy atom. The summed E-state index contributed by atoms with van der Waals surface area (Å²) in [4.78, 5) is 4.19. The van der Waals surface area contributed by atoms with Gasteiger partial charge in [0.05, 0.1) is 0 Å². The minimum absolute atomic E-state index is 0.194. The monoisotopic (exact) mass is 819 g/mol. The fraction of sp³-hybridized carbons (Fsp3) is 0.762. The molecule has 1 aromatic rings. The lowest BCUT2D eigenvalue weighted by Gasteiger charge is -2.15. The largest absolute Gasteiger partial charge is 0.396 e. The predicted octanol–water partition coefficient (Wildman–Crippen LogP) is 7.22. The van der Waals surface area contributed by atoms with Crippen LogP contribution in [0.5, 0.6) is 0 Å². The summed E-state index contributed by atoms with van der Waals surface area (Å²) in [5, 5.41) is 18.1. The molecule has 1 heterocycles. The van der Waals surface area contributed by atoms with E-state index in [1.807, 2.05) is 39.8 Å². The maximum atomic E-state index is 8.55. The third kappa shape index (κ3) is 64.9. The highest BCUT2D eigenvalue weighted by molar-refractivity contribution is 8.77. The molecule has 0 aromatic carbocycles. The molecule has 0 aliphatic rings. The summed E-state index contributed by atoms with van der Waals surface area (Å²) < 4.78 is 0.559. The average Bonchev–Trinajstić information content (AvgIpc) is 2.87. The van der Waals surface area contributed by atoms with E-state index in [9.17, 15) is 0 Å². The fourth-order valence-electron chi connectivity index (χ4n) is 1.31. The molecule has 0 radical (unpaired) electrons. The van der Waals surface area contributed by atoms with Crippen LogP contribution in [0.15, 0.2) is 29.4 Å². The van der Waals surface area contributed by atoms with Crippen molar-refractivity contribution in [3.63, 3.8) is 0 Å². The zero-order chi connectivity index (χ0) is 30.8. The Hall–Kier alpha value is 3.02. The number of hydrogen-bond donors (Lipinski definition) is 3. The number of pyridine rings is 1. The molecule has 39 heavy (non-hydrogen) atoms. The van der Waals surface area contributed by atoms with Gasteiger partial charge >= 0.3 is 0 Å². The van der Waals surface area contributed by atoms with E-state index in [0.717, 1.165) is 42.2 Å². The second-order valence-corrected chi connectivity index (χ2v) is 26.2. The lowest BCUT2D eigenvalue weighted by molar-refractivity contribution is 0.287. The van der Waals surface area contributed by atoms with Crippen molar-refractivity contribution >= 4 is 154 Å². The van der Waals surface area contributed by atoms with E-state index in [2.05, 4.69) is 104 Å². The van der Waals surface area contributed by atoms with Crippen molar-refractivity contribution in [2.45, 2.75) is 81.7 Å². The molecule has 18 heteroatoms. The molecule has 0 atom stereocenters. The molecule has 0 saturated heterocycles. The third-order valence-electron chi connectivity index (χ3n) is 2.50. The van der Waals surface area contributed by atoms with Gasteiger partial charge in [-0.3, -0.25) is 0 Å². The molecular formula is C21H41NO2S15. The van der Waals surface area contributed by atoms with Gasteiger partial charge in [0.1, 0.15) is 5.03 Å². The standard InChI is InChI=1S/C9H13NOS2.C8H18OS2.C4H10S.S8.S2/c11-7-3-4-8-12-13-9-5-1-2-6-10-9;1-8(2,3)11-10-7-5-4-6-9;1-4(2,3)5;1-3-5-7-8-6-4-2;1-2/h1-2,5-6,11H,3-4,7-8H2;9H,4-7H2,1-3H3;5H,1-3H3;;. The summed E-state index contributed by atoms with van der Waals surface area (Å²) >= 11 is 20.7. The predicted molar refractivity (Wildman–Crippen MR) is 217 cm³/mol. The summed E-state index contributed by atoms with van der Waals surface area (Å²) in [5.74, 6) is 2.23. The van der Waals surface area contributed by atoms with Crippen molar-refractivity contribution in [3.05, 3.63) is 24.4 Å². The number of hydrogen-bond acceptors (Lipinski definition) is 12. The van der Waals surface area contributed by atoms with Crippen LogP contribution in [0.1, 0.15) is 67.2 Å². The van der Waals surface area contributed by atoms with Gasteiger partial charge in [-0.1, -0.05) is 80.0 Å². The maximum Gasteiger partial charge on any atom is 0.106 e. The molecule has 0 unspecified atom stereocenters. The second-order valence-electron chi connectivity index (χ2n) is 8.53. The molecule has 0 saturated carbocycles. The van der Waals surface area contributed by atoms with Gasteiger partial charge in [-0.15, -0.1) is 0 Å². The van der Waals surface area contributed by atoms with Crippen LogP contribution < -0.4 is 0 Å².